The summed E-state index contributed by atoms with van der Waals surface area (Å²) in [5.74, 6) is 0. The zero-order chi connectivity index (χ0) is 20.9. The minimum absolute atomic E-state index is 0.0494. The molecule has 4 nitrogen and oxygen atoms in total. The third kappa shape index (κ3) is 5.08. The molecule has 1 aliphatic rings. The number of thiocarbonyl (C=S) groups is 1. The minimum atomic E-state index is -0.0494. The van der Waals surface area contributed by atoms with Crippen LogP contribution in [-0.4, -0.2) is 21.0 Å². The van der Waals surface area contributed by atoms with Crippen LogP contribution in [0.2, 0.25) is 0 Å². The molecule has 0 aliphatic heterocycles. The van der Waals surface area contributed by atoms with Crippen LogP contribution in [0.4, 0.5) is 0 Å². The van der Waals surface area contributed by atoms with Crippen molar-refractivity contribution in [1.82, 2.24) is 15.2 Å². The van der Waals surface area contributed by atoms with Crippen LogP contribution in [0.5, 0.6) is 0 Å². The Bertz CT molecular complexity index is 1070. The van der Waals surface area contributed by atoms with E-state index in [0.717, 1.165) is 40.0 Å². The molecule has 5 heteroatoms. The van der Waals surface area contributed by atoms with Crippen molar-refractivity contribution in [3.63, 3.8) is 0 Å². The van der Waals surface area contributed by atoms with E-state index in [-0.39, 0.29) is 5.56 Å². The van der Waals surface area contributed by atoms with Gasteiger partial charge in [-0.15, -0.1) is 0 Å². The van der Waals surface area contributed by atoms with Crippen LogP contribution in [0.1, 0.15) is 48.8 Å². The second-order valence-corrected chi connectivity index (χ2v) is 8.73. The van der Waals surface area contributed by atoms with Gasteiger partial charge >= 0.3 is 0 Å². The summed E-state index contributed by atoms with van der Waals surface area (Å²) in [7, 11) is 0. The Morgan fingerprint density at radius 1 is 1.07 bits per heavy atom. The van der Waals surface area contributed by atoms with Crippen LogP contribution in [0.15, 0.2) is 59.4 Å². The molecule has 0 saturated heterocycles. The standard InChI is InChI=1S/C25H29N3OS/c1-18-12-13-20-15-21(24(29)27-23(20)14-18)17-28(16-19-8-4-2-5-9-19)25(30)26-22-10-6-3-7-11-22/h2,4-5,8-9,12-15,22H,3,6-7,10-11,16-17H2,1H3,(H,26,30)(H,27,29). The lowest BCUT2D eigenvalue weighted by molar-refractivity contribution is 0.362. The summed E-state index contributed by atoms with van der Waals surface area (Å²) in [5.41, 5.74) is 3.87. The van der Waals surface area contributed by atoms with E-state index in [2.05, 4.69) is 39.5 Å². The van der Waals surface area contributed by atoms with Crippen LogP contribution in [0, 0.1) is 6.92 Å². The summed E-state index contributed by atoms with van der Waals surface area (Å²) in [5, 5.41) is 5.34. The lowest BCUT2D eigenvalue weighted by Crippen LogP contribution is -2.45. The second-order valence-electron chi connectivity index (χ2n) is 8.34. The summed E-state index contributed by atoms with van der Waals surface area (Å²) in [6.07, 6.45) is 6.14. The SMILES string of the molecule is Cc1ccc2cc(CN(Cc3ccccc3)C(=S)NC3CCCCC3)c(=O)[nH]c2c1. The van der Waals surface area contributed by atoms with E-state index in [9.17, 15) is 4.79 Å². The third-order valence-electron chi connectivity index (χ3n) is 5.88. The highest BCUT2D eigenvalue weighted by Gasteiger charge is 2.19. The molecule has 2 N–H and O–H groups in total. The zero-order valence-corrected chi connectivity index (χ0v) is 18.3. The highest BCUT2D eigenvalue weighted by Crippen LogP contribution is 2.19. The fraction of sp³-hybridized carbons (Fsp3) is 0.360. The predicted octanol–water partition coefficient (Wildman–Crippen LogP) is 5.05. The van der Waals surface area contributed by atoms with Crippen molar-refractivity contribution in [2.24, 2.45) is 0 Å². The molecular weight excluding hydrogens is 390 g/mol. The van der Waals surface area contributed by atoms with Crippen LogP contribution >= 0.6 is 12.2 Å². The Hall–Kier alpha value is -2.66. The summed E-state index contributed by atoms with van der Waals surface area (Å²) in [6.45, 7) is 3.18. The fourth-order valence-corrected chi connectivity index (χ4v) is 4.50. The van der Waals surface area contributed by atoms with Gasteiger partial charge in [-0.3, -0.25) is 4.79 Å². The first-order chi connectivity index (χ1) is 14.6. The maximum atomic E-state index is 12.8. The zero-order valence-electron chi connectivity index (χ0n) is 17.5. The summed E-state index contributed by atoms with van der Waals surface area (Å²) < 4.78 is 0. The maximum absolute atomic E-state index is 12.8. The Labute approximate surface area is 183 Å². The van der Waals surface area contributed by atoms with Crippen molar-refractivity contribution < 1.29 is 0 Å². The smallest absolute Gasteiger partial charge is 0.253 e. The number of nitrogens with zero attached hydrogens (tertiary/aromatic N) is 1. The van der Waals surface area contributed by atoms with Gasteiger partial charge in [-0.2, -0.15) is 0 Å². The number of hydrogen-bond donors (Lipinski definition) is 2. The lowest BCUT2D eigenvalue weighted by Gasteiger charge is -2.31. The normalized spacial score (nSPS) is 14.6. The van der Waals surface area contributed by atoms with Crippen LogP contribution in [-0.2, 0) is 13.1 Å². The highest BCUT2D eigenvalue weighted by molar-refractivity contribution is 7.80. The van der Waals surface area contributed by atoms with Crippen molar-refractivity contribution in [1.29, 1.82) is 0 Å². The number of fused-ring (bicyclic) bond motifs is 1. The molecular formula is C25H29N3OS. The summed E-state index contributed by atoms with van der Waals surface area (Å²) in [4.78, 5) is 18.0. The van der Waals surface area contributed by atoms with E-state index in [1.807, 2.05) is 37.3 Å². The van der Waals surface area contributed by atoms with Crippen molar-refractivity contribution in [3.8, 4) is 0 Å². The van der Waals surface area contributed by atoms with Crippen molar-refractivity contribution in [3.05, 3.63) is 81.6 Å². The molecule has 1 aromatic heterocycles. The average molecular weight is 420 g/mol. The second kappa shape index (κ2) is 9.43. The number of aromatic nitrogens is 1. The van der Waals surface area contributed by atoms with Crippen LogP contribution in [0.3, 0.4) is 0 Å². The van der Waals surface area contributed by atoms with Crippen molar-refractivity contribution >= 4 is 28.2 Å². The quantitative estimate of drug-likeness (QED) is 0.569. The Kier molecular flexibility index (Phi) is 6.48. The van der Waals surface area contributed by atoms with Gasteiger partial charge in [0.25, 0.3) is 5.56 Å². The van der Waals surface area contributed by atoms with Gasteiger partial charge in [0.15, 0.2) is 5.11 Å². The number of aryl methyl sites for hydroxylation is 1. The molecule has 2 aromatic carbocycles. The molecule has 1 heterocycles. The summed E-state index contributed by atoms with van der Waals surface area (Å²) in [6, 6.07) is 18.9. The van der Waals surface area contributed by atoms with Gasteiger partial charge in [-0.25, -0.2) is 0 Å². The number of benzene rings is 2. The van der Waals surface area contributed by atoms with E-state index < -0.39 is 0 Å². The number of H-pyrrole nitrogens is 1. The third-order valence-corrected chi connectivity index (χ3v) is 6.25. The van der Waals surface area contributed by atoms with Gasteiger partial charge < -0.3 is 15.2 Å². The Morgan fingerprint density at radius 3 is 2.60 bits per heavy atom. The monoisotopic (exact) mass is 419 g/mol. The van der Waals surface area contributed by atoms with E-state index >= 15 is 0 Å². The van der Waals surface area contributed by atoms with Gasteiger partial charge in [0.05, 0.1) is 6.54 Å². The topological polar surface area (TPSA) is 48.1 Å². The minimum Gasteiger partial charge on any atom is -0.360 e. The first-order valence-corrected chi connectivity index (χ1v) is 11.2. The van der Waals surface area contributed by atoms with E-state index in [1.165, 1.54) is 24.8 Å². The molecule has 3 aromatic rings. The lowest BCUT2D eigenvalue weighted by atomic mass is 9.96. The molecule has 0 spiro atoms. The molecule has 1 fully saturated rings. The molecule has 1 aliphatic carbocycles. The molecule has 0 amide bonds. The Balaban J connectivity index is 1.59. The molecule has 4 rings (SSSR count). The number of hydrogen-bond acceptors (Lipinski definition) is 2. The number of aromatic amines is 1. The van der Waals surface area contributed by atoms with E-state index in [1.54, 1.807) is 0 Å². The number of nitrogens with one attached hydrogen (secondary N) is 2. The van der Waals surface area contributed by atoms with Gasteiger partial charge in [-0.05, 0) is 60.6 Å². The highest BCUT2D eigenvalue weighted by atomic mass is 32.1. The van der Waals surface area contributed by atoms with E-state index in [4.69, 9.17) is 12.2 Å². The number of pyridine rings is 1. The maximum Gasteiger partial charge on any atom is 0.253 e. The predicted molar refractivity (Wildman–Crippen MR) is 128 cm³/mol. The van der Waals surface area contributed by atoms with Gasteiger partial charge in [-0.1, -0.05) is 61.7 Å². The van der Waals surface area contributed by atoms with Crippen LogP contribution in [0.25, 0.3) is 10.9 Å². The number of rotatable bonds is 5. The van der Waals surface area contributed by atoms with Crippen molar-refractivity contribution in [2.45, 2.75) is 58.2 Å². The fourth-order valence-electron chi connectivity index (χ4n) is 4.20. The summed E-state index contributed by atoms with van der Waals surface area (Å²) >= 11 is 5.81. The first-order valence-electron chi connectivity index (χ1n) is 10.8. The Morgan fingerprint density at radius 2 is 1.83 bits per heavy atom. The van der Waals surface area contributed by atoms with Gasteiger partial charge in [0, 0.05) is 23.7 Å². The van der Waals surface area contributed by atoms with Crippen molar-refractivity contribution in [2.75, 3.05) is 0 Å². The molecule has 156 valence electrons. The molecule has 0 atom stereocenters. The largest absolute Gasteiger partial charge is 0.360 e. The molecule has 0 bridgehead atoms. The van der Waals surface area contributed by atoms with Gasteiger partial charge in [0.2, 0.25) is 0 Å². The molecule has 0 unspecified atom stereocenters. The van der Waals surface area contributed by atoms with Crippen LogP contribution < -0.4 is 10.9 Å². The van der Waals surface area contributed by atoms with E-state index in [0.29, 0.717) is 19.1 Å². The molecule has 0 radical (unpaired) electrons. The average Bonchev–Trinajstić information content (AvgIpc) is 2.75. The van der Waals surface area contributed by atoms with Gasteiger partial charge in [0.1, 0.15) is 0 Å². The molecule has 1 saturated carbocycles. The molecule has 30 heavy (non-hydrogen) atoms. The first kappa shape index (κ1) is 20.6.